The lowest BCUT2D eigenvalue weighted by Gasteiger charge is -2.51. The van der Waals surface area contributed by atoms with E-state index in [1.165, 1.54) is 10.9 Å². The molecule has 28 heavy (non-hydrogen) atoms. The van der Waals surface area contributed by atoms with Crippen LogP contribution < -0.4 is 0 Å². The number of rotatable bonds is 3. The third-order valence-electron chi connectivity index (χ3n) is 6.82. The van der Waals surface area contributed by atoms with Gasteiger partial charge in [0.2, 0.25) is 5.91 Å². The van der Waals surface area contributed by atoms with Gasteiger partial charge >= 0.3 is 6.09 Å². The maximum atomic E-state index is 12.4. The number of carbonyl (C=O) groups excluding carboxylic acids is 2. The first-order valence-corrected chi connectivity index (χ1v) is 10.2. The summed E-state index contributed by atoms with van der Waals surface area (Å²) in [6.07, 6.45) is 3.89. The van der Waals surface area contributed by atoms with Gasteiger partial charge in [0.25, 0.3) is 0 Å². The highest BCUT2D eigenvalue weighted by molar-refractivity contribution is 5.83. The maximum Gasteiger partial charge on any atom is 0.411 e. The highest BCUT2D eigenvalue weighted by atomic mass is 16.6. The summed E-state index contributed by atoms with van der Waals surface area (Å²) < 4.78 is 5.83. The fourth-order valence-corrected chi connectivity index (χ4v) is 5.08. The molecular formula is C21H24N4O3. The second kappa shape index (κ2) is 5.73. The molecule has 1 spiro atoms. The minimum absolute atomic E-state index is 0.0298. The van der Waals surface area contributed by atoms with Gasteiger partial charge in [-0.15, -0.1) is 0 Å². The van der Waals surface area contributed by atoms with Gasteiger partial charge < -0.3 is 14.6 Å². The number of nitrogens with one attached hydrogen (secondary N) is 1. The predicted octanol–water partition coefficient (Wildman–Crippen LogP) is 1.80. The van der Waals surface area contributed by atoms with E-state index in [9.17, 15) is 9.59 Å². The van der Waals surface area contributed by atoms with E-state index in [4.69, 9.17) is 4.74 Å². The normalized spacial score (nSPS) is 26.4. The van der Waals surface area contributed by atoms with Gasteiger partial charge in [0.1, 0.15) is 0 Å². The Labute approximate surface area is 163 Å². The molecule has 0 radical (unpaired) electrons. The van der Waals surface area contributed by atoms with Crippen LogP contribution in [0.1, 0.15) is 18.4 Å². The van der Waals surface area contributed by atoms with Crippen molar-refractivity contribution in [2.24, 2.45) is 5.92 Å². The quantitative estimate of drug-likeness (QED) is 0.882. The van der Waals surface area contributed by atoms with Gasteiger partial charge in [-0.05, 0) is 24.5 Å². The second-order valence-corrected chi connectivity index (χ2v) is 8.71. The molecule has 1 N–H and O–H groups in total. The molecule has 7 nitrogen and oxygen atoms in total. The lowest BCUT2D eigenvalue weighted by molar-refractivity contribution is -0.157. The summed E-state index contributed by atoms with van der Waals surface area (Å²) in [7, 11) is 0. The van der Waals surface area contributed by atoms with Crippen LogP contribution in [0.15, 0.2) is 30.5 Å². The number of amides is 2. The number of aromatic nitrogens is 1. The topological polar surface area (TPSA) is 68.9 Å². The van der Waals surface area contributed by atoms with E-state index in [1.807, 2.05) is 15.9 Å². The SMILES string of the molecule is O=C(C1CC1)N1CC2(C1)OC(=O)N1CCN(Cc3c[nH]c4ccccc34)CC12. The van der Waals surface area contributed by atoms with E-state index in [0.29, 0.717) is 19.6 Å². The number of likely N-dealkylation sites (tertiary alicyclic amines) is 1. The van der Waals surface area contributed by atoms with Crippen LogP contribution >= 0.6 is 0 Å². The van der Waals surface area contributed by atoms with Crippen LogP contribution in [-0.4, -0.2) is 76.1 Å². The standard InChI is InChI=1S/C21H24N4O3/c26-19(14-5-6-14)24-12-21(13-24)18-11-23(7-8-25(18)20(27)28-21)10-15-9-22-17-4-2-1-3-16(15)17/h1-4,9,14,18,22H,5-8,10-13H2. The number of H-pyrrole nitrogens is 1. The summed E-state index contributed by atoms with van der Waals surface area (Å²) in [4.78, 5) is 34.3. The summed E-state index contributed by atoms with van der Waals surface area (Å²) >= 11 is 0. The van der Waals surface area contributed by atoms with Crippen molar-refractivity contribution >= 4 is 22.9 Å². The number of ether oxygens (including phenoxy) is 1. The summed E-state index contributed by atoms with van der Waals surface area (Å²) in [5, 5.41) is 1.25. The summed E-state index contributed by atoms with van der Waals surface area (Å²) in [6, 6.07) is 8.37. The Morgan fingerprint density at radius 1 is 1.21 bits per heavy atom. The van der Waals surface area contributed by atoms with Crippen molar-refractivity contribution in [2.75, 3.05) is 32.7 Å². The molecule has 1 unspecified atom stereocenters. The maximum absolute atomic E-state index is 12.4. The Bertz CT molecular complexity index is 959. The van der Waals surface area contributed by atoms with E-state index in [0.717, 1.165) is 38.0 Å². The number of carbonyl (C=O) groups is 2. The van der Waals surface area contributed by atoms with Gasteiger partial charge in [-0.2, -0.15) is 0 Å². The molecule has 6 rings (SSSR count). The highest BCUT2D eigenvalue weighted by Gasteiger charge is 2.63. The lowest BCUT2D eigenvalue weighted by atomic mass is 9.84. The minimum Gasteiger partial charge on any atom is -0.437 e. The Balaban J connectivity index is 1.19. The number of aromatic amines is 1. The summed E-state index contributed by atoms with van der Waals surface area (Å²) in [5.74, 6) is 0.460. The smallest absolute Gasteiger partial charge is 0.411 e. The highest BCUT2D eigenvalue weighted by Crippen LogP contribution is 2.42. The van der Waals surface area contributed by atoms with E-state index in [1.54, 1.807) is 0 Å². The number of benzene rings is 1. The van der Waals surface area contributed by atoms with Crippen molar-refractivity contribution in [1.82, 2.24) is 19.7 Å². The zero-order valence-corrected chi connectivity index (χ0v) is 15.8. The molecule has 0 bridgehead atoms. The van der Waals surface area contributed by atoms with Crippen molar-refractivity contribution in [3.05, 3.63) is 36.0 Å². The van der Waals surface area contributed by atoms with Crippen molar-refractivity contribution in [3.8, 4) is 0 Å². The molecule has 4 fully saturated rings. The van der Waals surface area contributed by atoms with Crippen LogP contribution in [0.2, 0.25) is 0 Å². The Kier molecular flexibility index (Phi) is 3.36. The Hall–Kier alpha value is -2.54. The number of piperazine rings is 1. The summed E-state index contributed by atoms with van der Waals surface area (Å²) in [5.41, 5.74) is 1.92. The number of nitrogens with zero attached hydrogens (tertiary/aromatic N) is 3. The minimum atomic E-state index is -0.513. The first kappa shape index (κ1) is 16.4. The van der Waals surface area contributed by atoms with Crippen LogP contribution in [0.5, 0.6) is 0 Å². The van der Waals surface area contributed by atoms with Gasteiger partial charge in [0.15, 0.2) is 5.60 Å². The zero-order valence-electron chi connectivity index (χ0n) is 15.8. The monoisotopic (exact) mass is 380 g/mol. The zero-order chi connectivity index (χ0) is 18.9. The largest absolute Gasteiger partial charge is 0.437 e. The second-order valence-electron chi connectivity index (χ2n) is 8.71. The molecule has 4 heterocycles. The molecular weight excluding hydrogens is 356 g/mol. The molecule has 1 atom stereocenters. The molecule has 1 saturated carbocycles. The molecule has 1 aromatic heterocycles. The first-order valence-electron chi connectivity index (χ1n) is 10.2. The van der Waals surface area contributed by atoms with E-state index in [-0.39, 0.29) is 24.0 Å². The fourth-order valence-electron chi connectivity index (χ4n) is 5.08. The Morgan fingerprint density at radius 2 is 2.04 bits per heavy atom. The number of hydrogen-bond acceptors (Lipinski definition) is 4. The summed E-state index contributed by atoms with van der Waals surface area (Å²) in [6.45, 7) is 4.27. The average molecular weight is 380 g/mol. The van der Waals surface area contributed by atoms with Gasteiger partial charge in [-0.3, -0.25) is 14.6 Å². The van der Waals surface area contributed by atoms with Crippen molar-refractivity contribution in [3.63, 3.8) is 0 Å². The van der Waals surface area contributed by atoms with Crippen molar-refractivity contribution in [2.45, 2.75) is 31.0 Å². The molecule has 4 aliphatic rings. The van der Waals surface area contributed by atoms with E-state index < -0.39 is 5.60 Å². The van der Waals surface area contributed by atoms with E-state index in [2.05, 4.69) is 34.3 Å². The van der Waals surface area contributed by atoms with Gasteiger partial charge in [0.05, 0.1) is 19.1 Å². The molecule has 1 aliphatic carbocycles. The fraction of sp³-hybridized carbons (Fsp3) is 0.524. The molecule has 1 aromatic carbocycles. The predicted molar refractivity (Wildman–Crippen MR) is 103 cm³/mol. The Morgan fingerprint density at radius 3 is 2.86 bits per heavy atom. The third kappa shape index (κ3) is 2.38. The van der Waals surface area contributed by atoms with Gasteiger partial charge in [0, 0.05) is 49.2 Å². The number of hydrogen-bond donors (Lipinski definition) is 1. The van der Waals surface area contributed by atoms with E-state index >= 15 is 0 Å². The van der Waals surface area contributed by atoms with Crippen LogP contribution in [0.25, 0.3) is 10.9 Å². The molecule has 7 heteroatoms. The van der Waals surface area contributed by atoms with Crippen LogP contribution in [-0.2, 0) is 16.1 Å². The lowest BCUT2D eigenvalue weighted by Crippen LogP contribution is -2.72. The number of para-hydroxylation sites is 1. The van der Waals surface area contributed by atoms with Crippen LogP contribution in [0.4, 0.5) is 4.79 Å². The molecule has 146 valence electrons. The van der Waals surface area contributed by atoms with Gasteiger partial charge in [-0.25, -0.2) is 4.79 Å². The number of fused-ring (bicyclic) bond motifs is 3. The average Bonchev–Trinajstić information content (AvgIpc) is 3.39. The van der Waals surface area contributed by atoms with Crippen LogP contribution in [0.3, 0.4) is 0 Å². The third-order valence-corrected chi connectivity index (χ3v) is 6.82. The van der Waals surface area contributed by atoms with Crippen LogP contribution in [0, 0.1) is 5.92 Å². The molecule has 2 amide bonds. The van der Waals surface area contributed by atoms with Crippen molar-refractivity contribution in [1.29, 1.82) is 0 Å². The molecule has 3 saturated heterocycles. The molecule has 3 aliphatic heterocycles. The first-order chi connectivity index (χ1) is 13.6. The molecule has 2 aromatic rings. The van der Waals surface area contributed by atoms with Gasteiger partial charge in [-0.1, -0.05) is 18.2 Å². The van der Waals surface area contributed by atoms with Crippen molar-refractivity contribution < 1.29 is 14.3 Å².